The van der Waals surface area contributed by atoms with E-state index in [-0.39, 0.29) is 5.57 Å². The predicted molar refractivity (Wildman–Crippen MR) is 95.6 cm³/mol. The van der Waals surface area contributed by atoms with Crippen LogP contribution in [0.15, 0.2) is 36.4 Å². The molecule has 0 aromatic heterocycles. The molecule has 0 aliphatic carbocycles. The first-order chi connectivity index (χ1) is 11.5. The van der Waals surface area contributed by atoms with Gasteiger partial charge in [0.15, 0.2) is 11.5 Å². The van der Waals surface area contributed by atoms with Gasteiger partial charge in [0.2, 0.25) is 0 Å². The van der Waals surface area contributed by atoms with Crippen LogP contribution in [-0.2, 0) is 4.79 Å². The number of carboxylic acids is 1. The molecule has 2 rings (SSSR count). The number of hydrogen-bond donors (Lipinski definition) is 1. The van der Waals surface area contributed by atoms with Crippen LogP contribution in [0.3, 0.4) is 0 Å². The molecule has 4 nitrogen and oxygen atoms in total. The number of ether oxygens (including phenoxy) is 2. The van der Waals surface area contributed by atoms with Gasteiger partial charge in [-0.1, -0.05) is 35.9 Å². The fraction of sp³-hybridized carbons (Fsp3) is 0.250. The smallest absolute Gasteiger partial charge is 0.336 e. The quantitative estimate of drug-likeness (QED) is 0.634. The molecule has 0 spiro atoms. The molecule has 1 N–H and O–H groups in total. The molecule has 4 heteroatoms. The van der Waals surface area contributed by atoms with E-state index in [9.17, 15) is 9.90 Å². The van der Waals surface area contributed by atoms with Gasteiger partial charge in [-0.05, 0) is 44.0 Å². The van der Waals surface area contributed by atoms with E-state index in [1.807, 2.05) is 51.1 Å². The number of benzene rings is 2. The van der Waals surface area contributed by atoms with E-state index in [1.54, 1.807) is 19.3 Å². The summed E-state index contributed by atoms with van der Waals surface area (Å²) in [6.45, 7) is 6.24. The Morgan fingerprint density at radius 3 is 2.54 bits per heavy atom. The van der Waals surface area contributed by atoms with E-state index >= 15 is 0 Å². The van der Waals surface area contributed by atoms with E-state index in [2.05, 4.69) is 0 Å². The maximum atomic E-state index is 11.8. The first kappa shape index (κ1) is 17.6. The van der Waals surface area contributed by atoms with Crippen LogP contribution >= 0.6 is 0 Å². The molecule has 0 fully saturated rings. The SMILES string of the molecule is CCOc1c(/C=C(\C(=O)O)c2ccc(C)cc2C)cccc1OC. The molecule has 0 saturated heterocycles. The van der Waals surface area contributed by atoms with Crippen molar-refractivity contribution in [3.8, 4) is 11.5 Å². The molecule has 0 amide bonds. The van der Waals surface area contributed by atoms with Crippen LogP contribution in [0.25, 0.3) is 11.6 Å². The van der Waals surface area contributed by atoms with Gasteiger partial charge in [0.25, 0.3) is 0 Å². The van der Waals surface area contributed by atoms with Gasteiger partial charge in [0.1, 0.15) is 0 Å². The zero-order valence-electron chi connectivity index (χ0n) is 14.4. The maximum absolute atomic E-state index is 11.8. The van der Waals surface area contributed by atoms with Crippen molar-refractivity contribution in [3.05, 3.63) is 58.7 Å². The molecular formula is C20H22O4. The summed E-state index contributed by atoms with van der Waals surface area (Å²) in [5, 5.41) is 9.69. The second-order valence-corrected chi connectivity index (χ2v) is 5.49. The average Bonchev–Trinajstić information content (AvgIpc) is 2.54. The van der Waals surface area contributed by atoms with Crippen molar-refractivity contribution in [2.75, 3.05) is 13.7 Å². The molecule has 126 valence electrons. The van der Waals surface area contributed by atoms with E-state index in [0.717, 1.165) is 11.1 Å². The first-order valence-electron chi connectivity index (χ1n) is 7.80. The monoisotopic (exact) mass is 326 g/mol. The van der Waals surface area contributed by atoms with Gasteiger partial charge in [0, 0.05) is 5.56 Å². The number of carboxylic acid groups (broad SMARTS) is 1. The van der Waals surface area contributed by atoms with Gasteiger partial charge in [-0.3, -0.25) is 0 Å². The number of aliphatic carboxylic acids is 1. The largest absolute Gasteiger partial charge is 0.493 e. The summed E-state index contributed by atoms with van der Waals surface area (Å²) < 4.78 is 11.0. The molecule has 0 bridgehead atoms. The Bertz CT molecular complexity index is 775. The lowest BCUT2D eigenvalue weighted by molar-refractivity contribution is -0.130. The lowest BCUT2D eigenvalue weighted by atomic mass is 9.96. The Labute approximate surface area is 142 Å². The topological polar surface area (TPSA) is 55.8 Å². The molecule has 2 aromatic rings. The Hall–Kier alpha value is -2.75. The van der Waals surface area contributed by atoms with Crippen molar-refractivity contribution in [2.24, 2.45) is 0 Å². The molecule has 2 aromatic carbocycles. The molecule has 0 saturated carbocycles. The zero-order chi connectivity index (χ0) is 17.7. The van der Waals surface area contributed by atoms with E-state index in [1.165, 1.54) is 0 Å². The number of rotatable bonds is 6. The normalized spacial score (nSPS) is 11.2. The number of methoxy groups -OCH3 is 1. The highest BCUT2D eigenvalue weighted by molar-refractivity contribution is 6.21. The third-order valence-corrected chi connectivity index (χ3v) is 3.72. The third kappa shape index (κ3) is 3.77. The number of carbonyl (C=O) groups is 1. The third-order valence-electron chi connectivity index (χ3n) is 3.72. The Morgan fingerprint density at radius 1 is 1.21 bits per heavy atom. The van der Waals surface area contributed by atoms with Crippen LogP contribution in [-0.4, -0.2) is 24.8 Å². The van der Waals surface area contributed by atoms with Crippen molar-refractivity contribution >= 4 is 17.6 Å². The number of aryl methyl sites for hydroxylation is 2. The minimum absolute atomic E-state index is 0.224. The van der Waals surface area contributed by atoms with Crippen molar-refractivity contribution in [1.29, 1.82) is 0 Å². The summed E-state index contributed by atoms with van der Waals surface area (Å²) in [4.78, 5) is 11.8. The predicted octanol–water partition coefficient (Wildman–Crippen LogP) is 4.34. The van der Waals surface area contributed by atoms with E-state index in [0.29, 0.717) is 29.2 Å². The van der Waals surface area contributed by atoms with Crippen LogP contribution in [0.2, 0.25) is 0 Å². The summed E-state index contributed by atoms with van der Waals surface area (Å²) in [5.74, 6) is 0.147. The number of hydrogen-bond acceptors (Lipinski definition) is 3. The van der Waals surface area contributed by atoms with Crippen molar-refractivity contribution < 1.29 is 19.4 Å². The fourth-order valence-electron chi connectivity index (χ4n) is 2.63. The fourth-order valence-corrected chi connectivity index (χ4v) is 2.63. The highest BCUT2D eigenvalue weighted by Gasteiger charge is 2.16. The highest BCUT2D eigenvalue weighted by Crippen LogP contribution is 2.34. The van der Waals surface area contributed by atoms with E-state index in [4.69, 9.17) is 9.47 Å². The van der Waals surface area contributed by atoms with Crippen LogP contribution in [0.4, 0.5) is 0 Å². The van der Waals surface area contributed by atoms with Crippen molar-refractivity contribution in [1.82, 2.24) is 0 Å². The molecule has 0 radical (unpaired) electrons. The molecule has 0 aliphatic rings. The second-order valence-electron chi connectivity index (χ2n) is 5.49. The van der Waals surface area contributed by atoms with Crippen LogP contribution < -0.4 is 9.47 Å². The number of para-hydroxylation sites is 1. The Balaban J connectivity index is 2.62. The van der Waals surface area contributed by atoms with Gasteiger partial charge >= 0.3 is 5.97 Å². The second kappa shape index (κ2) is 7.68. The van der Waals surface area contributed by atoms with Crippen LogP contribution in [0.5, 0.6) is 11.5 Å². The average molecular weight is 326 g/mol. The maximum Gasteiger partial charge on any atom is 0.336 e. The van der Waals surface area contributed by atoms with E-state index < -0.39 is 5.97 Å². The first-order valence-corrected chi connectivity index (χ1v) is 7.80. The summed E-state index contributed by atoms with van der Waals surface area (Å²) in [5.41, 5.74) is 3.61. The minimum atomic E-state index is -0.979. The molecule has 0 unspecified atom stereocenters. The van der Waals surface area contributed by atoms with Crippen LogP contribution in [0.1, 0.15) is 29.2 Å². The zero-order valence-corrected chi connectivity index (χ0v) is 14.4. The molecule has 0 heterocycles. The molecular weight excluding hydrogens is 304 g/mol. The Morgan fingerprint density at radius 2 is 1.96 bits per heavy atom. The standard InChI is InChI=1S/C20H22O4/c1-5-24-19-15(7-6-8-18(19)23-4)12-17(20(21)22)16-10-9-13(2)11-14(16)3/h6-12H,5H2,1-4H3,(H,21,22)/b17-12-. The van der Waals surface area contributed by atoms with Crippen molar-refractivity contribution in [3.63, 3.8) is 0 Å². The highest BCUT2D eigenvalue weighted by atomic mass is 16.5. The van der Waals surface area contributed by atoms with Gasteiger partial charge in [-0.25, -0.2) is 4.79 Å². The summed E-state index contributed by atoms with van der Waals surface area (Å²) in [6.07, 6.45) is 1.63. The lowest BCUT2D eigenvalue weighted by Gasteiger charge is -2.13. The van der Waals surface area contributed by atoms with Gasteiger partial charge in [-0.15, -0.1) is 0 Å². The summed E-state index contributed by atoms with van der Waals surface area (Å²) in [6, 6.07) is 11.1. The summed E-state index contributed by atoms with van der Waals surface area (Å²) >= 11 is 0. The Kier molecular flexibility index (Phi) is 5.64. The molecule has 24 heavy (non-hydrogen) atoms. The van der Waals surface area contributed by atoms with Gasteiger partial charge in [0.05, 0.1) is 19.3 Å². The summed E-state index contributed by atoms with van der Waals surface area (Å²) in [7, 11) is 1.56. The van der Waals surface area contributed by atoms with Gasteiger partial charge < -0.3 is 14.6 Å². The van der Waals surface area contributed by atoms with Gasteiger partial charge in [-0.2, -0.15) is 0 Å². The molecule has 0 aliphatic heterocycles. The van der Waals surface area contributed by atoms with Crippen LogP contribution in [0, 0.1) is 13.8 Å². The molecule has 0 atom stereocenters. The minimum Gasteiger partial charge on any atom is -0.493 e. The lowest BCUT2D eigenvalue weighted by Crippen LogP contribution is -2.03. The van der Waals surface area contributed by atoms with Crippen molar-refractivity contribution in [2.45, 2.75) is 20.8 Å².